The molecule has 4 atom stereocenters. The molecule has 8 nitrogen and oxygen atoms in total. The van der Waals surface area contributed by atoms with E-state index in [1.165, 1.54) is 4.90 Å². The summed E-state index contributed by atoms with van der Waals surface area (Å²) < 4.78 is 46.2. The van der Waals surface area contributed by atoms with Gasteiger partial charge in [0.1, 0.15) is 6.04 Å². The molecule has 0 radical (unpaired) electrons. The third-order valence-corrected chi connectivity index (χ3v) is 7.99. The fourth-order valence-corrected chi connectivity index (χ4v) is 5.60. The van der Waals surface area contributed by atoms with E-state index in [-0.39, 0.29) is 31.6 Å². The summed E-state index contributed by atoms with van der Waals surface area (Å²) >= 11 is 0. The zero-order valence-corrected chi connectivity index (χ0v) is 22.6. The maximum atomic E-state index is 13.8. The van der Waals surface area contributed by atoms with Crippen LogP contribution >= 0.6 is 0 Å². The second-order valence-corrected chi connectivity index (χ2v) is 10.9. The molecule has 2 aromatic carbocycles. The summed E-state index contributed by atoms with van der Waals surface area (Å²) in [7, 11) is 1.73. The number of rotatable bonds is 8. The van der Waals surface area contributed by atoms with Gasteiger partial charge in [-0.2, -0.15) is 13.2 Å². The Bertz CT molecular complexity index is 1210. The molecule has 2 fully saturated rings. The van der Waals surface area contributed by atoms with Crippen LogP contribution in [0.1, 0.15) is 36.8 Å². The second kappa shape index (κ2) is 11.6. The van der Waals surface area contributed by atoms with Gasteiger partial charge in [-0.15, -0.1) is 0 Å². The number of hydrogen-bond acceptors (Lipinski definition) is 5. The molecule has 4 rings (SSSR count). The largest absolute Gasteiger partial charge is 0.415 e. The Balaban J connectivity index is 1.57. The first kappa shape index (κ1) is 29.5. The minimum Gasteiger partial charge on any atom is -0.374 e. The number of likely N-dealkylation sites (N-methyl/N-ethyl adjacent to an activating group) is 1. The van der Waals surface area contributed by atoms with Crippen molar-refractivity contribution >= 4 is 17.7 Å². The SMILES string of the molecule is CN1CC(c2ccccc2)C2(CCCN(C(=O)[C@@H](COCc3ccccc3)NC(=O)C(C)(N)C(F)(F)F)C2)C1=O. The molecule has 40 heavy (non-hydrogen) atoms. The Morgan fingerprint density at radius 3 is 2.38 bits per heavy atom. The quantitative estimate of drug-likeness (QED) is 0.517. The van der Waals surface area contributed by atoms with Crippen molar-refractivity contribution in [3.05, 3.63) is 71.8 Å². The van der Waals surface area contributed by atoms with Gasteiger partial charge in [0.05, 0.1) is 18.6 Å². The lowest BCUT2D eigenvalue weighted by molar-refractivity contribution is -0.188. The molecule has 2 aliphatic heterocycles. The monoisotopic (exact) mass is 560 g/mol. The average Bonchev–Trinajstić information content (AvgIpc) is 3.17. The highest BCUT2D eigenvalue weighted by atomic mass is 19.4. The van der Waals surface area contributed by atoms with Gasteiger partial charge in [-0.3, -0.25) is 14.4 Å². The number of nitrogens with zero attached hydrogens (tertiary/aromatic N) is 2. The number of alkyl halides is 3. The molecule has 1 spiro atoms. The molecule has 216 valence electrons. The van der Waals surface area contributed by atoms with Crippen molar-refractivity contribution in [3.63, 3.8) is 0 Å². The van der Waals surface area contributed by atoms with Crippen LogP contribution in [0.3, 0.4) is 0 Å². The van der Waals surface area contributed by atoms with Crippen LogP contribution in [0.5, 0.6) is 0 Å². The van der Waals surface area contributed by atoms with Gasteiger partial charge in [-0.25, -0.2) is 0 Å². The third kappa shape index (κ3) is 5.85. The zero-order valence-electron chi connectivity index (χ0n) is 22.6. The lowest BCUT2D eigenvalue weighted by Crippen LogP contribution is -2.65. The number of halogens is 3. The highest BCUT2D eigenvalue weighted by molar-refractivity contribution is 5.93. The van der Waals surface area contributed by atoms with Crippen molar-refractivity contribution < 1.29 is 32.3 Å². The summed E-state index contributed by atoms with van der Waals surface area (Å²) in [5.74, 6) is -2.40. The maximum Gasteiger partial charge on any atom is 0.415 e. The van der Waals surface area contributed by atoms with E-state index in [0.717, 1.165) is 11.1 Å². The van der Waals surface area contributed by atoms with Crippen molar-refractivity contribution in [1.82, 2.24) is 15.1 Å². The molecule has 0 aliphatic carbocycles. The molecule has 0 aromatic heterocycles. The molecule has 2 aromatic rings. The van der Waals surface area contributed by atoms with Crippen LogP contribution in [0.4, 0.5) is 13.2 Å². The number of benzene rings is 2. The predicted molar refractivity (Wildman–Crippen MR) is 142 cm³/mol. The molecule has 2 saturated heterocycles. The summed E-state index contributed by atoms with van der Waals surface area (Å²) in [4.78, 5) is 43.1. The Morgan fingerprint density at radius 2 is 1.75 bits per heavy atom. The van der Waals surface area contributed by atoms with Crippen molar-refractivity contribution in [1.29, 1.82) is 0 Å². The smallest absolute Gasteiger partial charge is 0.374 e. The first-order valence-corrected chi connectivity index (χ1v) is 13.2. The topological polar surface area (TPSA) is 105 Å². The van der Waals surface area contributed by atoms with E-state index in [1.54, 1.807) is 36.2 Å². The maximum absolute atomic E-state index is 13.8. The molecular weight excluding hydrogens is 525 g/mol. The van der Waals surface area contributed by atoms with E-state index in [4.69, 9.17) is 10.5 Å². The molecule has 0 saturated carbocycles. The number of carbonyl (C=O) groups is 3. The predicted octanol–water partition coefficient (Wildman–Crippen LogP) is 2.83. The first-order valence-electron chi connectivity index (χ1n) is 13.2. The van der Waals surface area contributed by atoms with Crippen LogP contribution in [0, 0.1) is 5.41 Å². The molecule has 3 amide bonds. The minimum absolute atomic E-state index is 0.0774. The molecule has 3 N–H and O–H groups in total. The number of carbonyl (C=O) groups excluding carboxylic acids is 3. The number of amides is 3. The Hall–Kier alpha value is -3.44. The van der Waals surface area contributed by atoms with Gasteiger partial charge >= 0.3 is 6.18 Å². The number of ether oxygens (including phenoxy) is 1. The van der Waals surface area contributed by atoms with Crippen LogP contribution < -0.4 is 11.1 Å². The van der Waals surface area contributed by atoms with E-state index >= 15 is 0 Å². The molecular formula is C29H35F3N4O4. The van der Waals surface area contributed by atoms with Crippen molar-refractivity contribution in [2.75, 3.05) is 33.3 Å². The third-order valence-electron chi connectivity index (χ3n) is 7.99. The Morgan fingerprint density at radius 1 is 1.12 bits per heavy atom. The lowest BCUT2D eigenvalue weighted by atomic mass is 9.69. The highest BCUT2D eigenvalue weighted by Crippen LogP contribution is 2.49. The normalized spacial score (nSPS) is 23.6. The minimum atomic E-state index is -5.03. The van der Waals surface area contributed by atoms with Gasteiger partial charge in [0.15, 0.2) is 5.54 Å². The molecule has 0 bridgehead atoms. The fourth-order valence-electron chi connectivity index (χ4n) is 5.60. The lowest BCUT2D eigenvalue weighted by Gasteiger charge is -2.43. The molecule has 11 heteroatoms. The van der Waals surface area contributed by atoms with E-state index in [2.05, 4.69) is 5.32 Å². The number of nitrogens with two attached hydrogens (primary N) is 1. The first-order chi connectivity index (χ1) is 18.9. The van der Waals surface area contributed by atoms with Gasteiger partial charge in [0.25, 0.3) is 0 Å². The molecule has 3 unspecified atom stereocenters. The summed E-state index contributed by atoms with van der Waals surface area (Å²) in [5.41, 5.74) is 3.03. The van der Waals surface area contributed by atoms with E-state index in [0.29, 0.717) is 32.9 Å². The fraction of sp³-hybridized carbons (Fsp3) is 0.483. The Kier molecular flexibility index (Phi) is 8.55. The van der Waals surface area contributed by atoms with Crippen LogP contribution in [0.2, 0.25) is 0 Å². The number of piperidine rings is 1. The Labute approximate surface area is 231 Å². The van der Waals surface area contributed by atoms with Gasteiger partial charge < -0.3 is 25.6 Å². The van der Waals surface area contributed by atoms with Crippen LogP contribution in [0.15, 0.2) is 60.7 Å². The summed E-state index contributed by atoms with van der Waals surface area (Å²) in [6.07, 6.45) is -3.94. The van der Waals surface area contributed by atoms with E-state index in [1.807, 2.05) is 36.4 Å². The van der Waals surface area contributed by atoms with Crippen LogP contribution in [-0.2, 0) is 25.7 Å². The summed E-state index contributed by atoms with van der Waals surface area (Å²) in [6, 6.07) is 17.2. The van der Waals surface area contributed by atoms with Gasteiger partial charge in [0, 0.05) is 32.6 Å². The summed E-state index contributed by atoms with van der Waals surface area (Å²) in [6.45, 7) is 1.14. The van der Waals surface area contributed by atoms with E-state index in [9.17, 15) is 27.6 Å². The zero-order chi connectivity index (χ0) is 29.1. The summed E-state index contributed by atoms with van der Waals surface area (Å²) in [5, 5.41) is 2.19. The number of nitrogens with one attached hydrogen (secondary N) is 1. The second-order valence-electron chi connectivity index (χ2n) is 10.9. The van der Waals surface area contributed by atoms with E-state index < -0.39 is 35.0 Å². The average molecular weight is 561 g/mol. The van der Waals surface area contributed by atoms with Gasteiger partial charge in [0.2, 0.25) is 17.7 Å². The molecule has 2 heterocycles. The standard InChI is InChI=1S/C29H35F3N4O4/c1-27(33,29(30,31)32)25(38)34-23(18-40-17-20-10-5-3-6-11-20)24(37)36-15-9-14-28(19-36)22(16-35(2)26(28)39)21-12-7-4-8-13-21/h3-8,10-13,22-23H,9,14-19,33H2,1-2H3,(H,34,38)/t22?,23-,27?,28?/m1/s1. The van der Waals surface area contributed by atoms with Crippen molar-refractivity contribution in [2.24, 2.45) is 11.1 Å². The number of hydrogen-bond donors (Lipinski definition) is 2. The van der Waals surface area contributed by atoms with Crippen LogP contribution in [-0.4, -0.2) is 78.6 Å². The molecule has 2 aliphatic rings. The van der Waals surface area contributed by atoms with Crippen molar-refractivity contribution in [2.45, 2.75) is 50.0 Å². The van der Waals surface area contributed by atoms with Crippen molar-refractivity contribution in [3.8, 4) is 0 Å². The van der Waals surface area contributed by atoms with Crippen LogP contribution in [0.25, 0.3) is 0 Å². The number of likely N-dealkylation sites (tertiary alicyclic amines) is 2. The highest BCUT2D eigenvalue weighted by Gasteiger charge is 2.57. The van der Waals surface area contributed by atoms with Gasteiger partial charge in [-0.1, -0.05) is 60.7 Å². The van der Waals surface area contributed by atoms with Gasteiger partial charge in [-0.05, 0) is 30.9 Å².